The highest BCUT2D eigenvalue weighted by Crippen LogP contribution is 2.14. The number of aryl methyl sites for hydroxylation is 1. The summed E-state index contributed by atoms with van der Waals surface area (Å²) in [6, 6.07) is 6.65. The number of ether oxygens (including phenoxy) is 1. The summed E-state index contributed by atoms with van der Waals surface area (Å²) in [6.45, 7) is 6.25. The molecule has 4 nitrogen and oxygen atoms in total. The third kappa shape index (κ3) is 6.21. The SMILES string of the molecule is C=COCCCCCCOS(=O)(=O)c1ccc(C)cc1. The van der Waals surface area contributed by atoms with Gasteiger partial charge in [0.05, 0.1) is 24.4 Å². The summed E-state index contributed by atoms with van der Waals surface area (Å²) in [5, 5.41) is 0. The third-order valence-electron chi connectivity index (χ3n) is 2.82. The highest BCUT2D eigenvalue weighted by molar-refractivity contribution is 7.86. The van der Waals surface area contributed by atoms with Gasteiger partial charge in [0.2, 0.25) is 0 Å². The van der Waals surface area contributed by atoms with E-state index in [-0.39, 0.29) is 11.5 Å². The van der Waals surface area contributed by atoms with Crippen LogP contribution >= 0.6 is 0 Å². The first-order chi connectivity index (χ1) is 9.56. The van der Waals surface area contributed by atoms with Crippen molar-refractivity contribution in [3.8, 4) is 0 Å². The predicted molar refractivity (Wildman–Crippen MR) is 78.9 cm³/mol. The zero-order valence-corrected chi connectivity index (χ0v) is 12.7. The molecule has 0 heterocycles. The number of rotatable bonds is 10. The van der Waals surface area contributed by atoms with Crippen molar-refractivity contribution in [2.75, 3.05) is 13.2 Å². The maximum atomic E-state index is 11.9. The molecule has 0 N–H and O–H groups in total. The standard InChI is InChI=1S/C15H22O4S/c1-3-18-12-6-4-5-7-13-19-20(16,17)15-10-8-14(2)9-11-15/h3,8-11H,1,4-7,12-13H2,2H3. The van der Waals surface area contributed by atoms with Crippen LogP contribution in [0.3, 0.4) is 0 Å². The molecule has 0 amide bonds. The molecule has 112 valence electrons. The minimum absolute atomic E-state index is 0.211. The highest BCUT2D eigenvalue weighted by atomic mass is 32.2. The molecule has 1 aromatic carbocycles. The summed E-state index contributed by atoms with van der Waals surface area (Å²) in [5.74, 6) is 0. The molecule has 0 unspecified atom stereocenters. The van der Waals surface area contributed by atoms with Gasteiger partial charge in [-0.05, 0) is 38.3 Å². The van der Waals surface area contributed by atoms with Gasteiger partial charge in [0, 0.05) is 0 Å². The highest BCUT2D eigenvalue weighted by Gasteiger charge is 2.14. The Morgan fingerprint density at radius 3 is 2.25 bits per heavy atom. The van der Waals surface area contributed by atoms with E-state index in [1.54, 1.807) is 24.3 Å². The quantitative estimate of drug-likeness (QED) is 0.377. The number of benzene rings is 1. The lowest BCUT2D eigenvalue weighted by Crippen LogP contribution is -2.07. The van der Waals surface area contributed by atoms with Crippen molar-refractivity contribution in [2.45, 2.75) is 37.5 Å². The zero-order chi connectivity index (χ0) is 14.8. The van der Waals surface area contributed by atoms with E-state index in [0.717, 1.165) is 31.2 Å². The Morgan fingerprint density at radius 1 is 1.05 bits per heavy atom. The van der Waals surface area contributed by atoms with E-state index in [9.17, 15) is 8.42 Å². The Labute approximate surface area is 121 Å². The van der Waals surface area contributed by atoms with Gasteiger partial charge < -0.3 is 4.74 Å². The molecule has 0 spiro atoms. The minimum atomic E-state index is -3.62. The Kier molecular flexibility index (Phi) is 7.33. The Morgan fingerprint density at radius 2 is 1.65 bits per heavy atom. The second-order valence-corrected chi connectivity index (χ2v) is 6.16. The van der Waals surface area contributed by atoms with Crippen LogP contribution in [0.1, 0.15) is 31.2 Å². The van der Waals surface area contributed by atoms with E-state index < -0.39 is 10.1 Å². The minimum Gasteiger partial charge on any atom is -0.502 e. The molecule has 1 aromatic rings. The van der Waals surface area contributed by atoms with Crippen LogP contribution in [0.25, 0.3) is 0 Å². The Balaban J connectivity index is 2.23. The van der Waals surface area contributed by atoms with E-state index in [0.29, 0.717) is 6.61 Å². The van der Waals surface area contributed by atoms with Crippen molar-refractivity contribution in [3.63, 3.8) is 0 Å². The van der Waals surface area contributed by atoms with Gasteiger partial charge in [-0.25, -0.2) is 0 Å². The fourth-order valence-electron chi connectivity index (χ4n) is 1.67. The summed E-state index contributed by atoms with van der Waals surface area (Å²) in [7, 11) is -3.62. The molecule has 0 saturated heterocycles. The summed E-state index contributed by atoms with van der Waals surface area (Å²) in [4.78, 5) is 0.211. The van der Waals surface area contributed by atoms with Gasteiger partial charge in [-0.3, -0.25) is 4.18 Å². The van der Waals surface area contributed by atoms with Crippen LogP contribution in [0.4, 0.5) is 0 Å². The number of hydrogen-bond acceptors (Lipinski definition) is 4. The molecule has 0 fully saturated rings. The van der Waals surface area contributed by atoms with Crippen molar-refractivity contribution in [2.24, 2.45) is 0 Å². The molecular weight excluding hydrogens is 276 g/mol. The van der Waals surface area contributed by atoms with Crippen LogP contribution in [0.15, 0.2) is 42.0 Å². The molecular formula is C15H22O4S. The molecule has 0 saturated carbocycles. The van der Waals surface area contributed by atoms with Crippen LogP contribution in [0, 0.1) is 6.92 Å². The fraction of sp³-hybridized carbons (Fsp3) is 0.467. The summed E-state index contributed by atoms with van der Waals surface area (Å²) in [6.07, 6.45) is 5.00. The molecule has 0 aliphatic heterocycles. The summed E-state index contributed by atoms with van der Waals surface area (Å²) < 4.78 is 33.7. The van der Waals surface area contributed by atoms with Crippen LogP contribution in [0.5, 0.6) is 0 Å². The molecule has 20 heavy (non-hydrogen) atoms. The molecule has 0 aliphatic rings. The first-order valence-corrected chi connectivity index (χ1v) is 8.16. The second-order valence-electron chi connectivity index (χ2n) is 4.54. The second kappa shape index (κ2) is 8.76. The number of unbranched alkanes of at least 4 members (excludes halogenated alkanes) is 3. The lowest BCUT2D eigenvalue weighted by Gasteiger charge is -2.06. The van der Waals surface area contributed by atoms with Crippen LogP contribution < -0.4 is 0 Å². The summed E-state index contributed by atoms with van der Waals surface area (Å²) >= 11 is 0. The van der Waals surface area contributed by atoms with Crippen LogP contribution in [0.2, 0.25) is 0 Å². The van der Waals surface area contributed by atoms with Gasteiger partial charge in [0.25, 0.3) is 10.1 Å². The lowest BCUT2D eigenvalue weighted by molar-refractivity contribution is 0.239. The van der Waals surface area contributed by atoms with E-state index in [4.69, 9.17) is 8.92 Å². The smallest absolute Gasteiger partial charge is 0.296 e. The van der Waals surface area contributed by atoms with Crippen molar-refractivity contribution in [3.05, 3.63) is 42.7 Å². The van der Waals surface area contributed by atoms with Gasteiger partial charge in [0.1, 0.15) is 0 Å². The van der Waals surface area contributed by atoms with Gasteiger partial charge in [-0.1, -0.05) is 30.7 Å². The monoisotopic (exact) mass is 298 g/mol. The Hall–Kier alpha value is -1.33. The molecule has 1 rings (SSSR count). The molecule has 0 radical (unpaired) electrons. The first-order valence-electron chi connectivity index (χ1n) is 6.75. The molecule has 5 heteroatoms. The average Bonchev–Trinajstić information content (AvgIpc) is 2.42. The van der Waals surface area contributed by atoms with E-state index >= 15 is 0 Å². The molecule has 0 atom stereocenters. The van der Waals surface area contributed by atoms with Crippen molar-refractivity contribution in [1.29, 1.82) is 0 Å². The van der Waals surface area contributed by atoms with Gasteiger partial charge >= 0.3 is 0 Å². The van der Waals surface area contributed by atoms with Crippen molar-refractivity contribution in [1.82, 2.24) is 0 Å². The van der Waals surface area contributed by atoms with Gasteiger partial charge in [-0.2, -0.15) is 8.42 Å². The third-order valence-corrected chi connectivity index (χ3v) is 4.15. The molecule has 0 bridgehead atoms. The number of hydrogen-bond donors (Lipinski definition) is 0. The zero-order valence-electron chi connectivity index (χ0n) is 11.9. The van der Waals surface area contributed by atoms with Crippen LogP contribution in [-0.4, -0.2) is 21.6 Å². The van der Waals surface area contributed by atoms with E-state index in [1.807, 2.05) is 6.92 Å². The molecule has 0 aliphatic carbocycles. The Bertz CT molecular complexity index is 491. The average molecular weight is 298 g/mol. The predicted octanol–water partition coefficient (Wildman–Crippen LogP) is 3.42. The first kappa shape index (κ1) is 16.7. The fourth-order valence-corrected chi connectivity index (χ4v) is 2.61. The van der Waals surface area contributed by atoms with E-state index in [2.05, 4.69) is 6.58 Å². The topological polar surface area (TPSA) is 52.6 Å². The summed E-state index contributed by atoms with van der Waals surface area (Å²) in [5.41, 5.74) is 1.02. The lowest BCUT2D eigenvalue weighted by atomic mass is 10.2. The molecule has 0 aromatic heterocycles. The van der Waals surface area contributed by atoms with Crippen molar-refractivity contribution < 1.29 is 17.3 Å². The largest absolute Gasteiger partial charge is 0.502 e. The van der Waals surface area contributed by atoms with Gasteiger partial charge in [-0.15, -0.1) is 0 Å². The maximum Gasteiger partial charge on any atom is 0.296 e. The van der Waals surface area contributed by atoms with Crippen LogP contribution in [-0.2, 0) is 19.0 Å². The van der Waals surface area contributed by atoms with Crippen molar-refractivity contribution >= 4 is 10.1 Å². The maximum absolute atomic E-state index is 11.9. The van der Waals surface area contributed by atoms with E-state index in [1.165, 1.54) is 6.26 Å². The van der Waals surface area contributed by atoms with Gasteiger partial charge in [0.15, 0.2) is 0 Å². The normalized spacial score (nSPS) is 11.2.